The van der Waals surface area contributed by atoms with Crippen molar-refractivity contribution in [2.45, 2.75) is 193 Å². The summed E-state index contributed by atoms with van der Waals surface area (Å²) < 4.78 is 0. The summed E-state index contributed by atoms with van der Waals surface area (Å²) in [5.41, 5.74) is 0. The molecule has 0 aliphatic rings. The fourth-order valence-corrected chi connectivity index (χ4v) is 5.52. The van der Waals surface area contributed by atoms with E-state index >= 15 is 0 Å². The van der Waals surface area contributed by atoms with Gasteiger partial charge in [-0.15, -0.1) is 0 Å². The largest absolute Gasteiger partial charge is 0.392 e. The van der Waals surface area contributed by atoms with Gasteiger partial charge in [-0.1, -0.05) is 141 Å². The molecule has 2 atom stereocenters. The smallest absolute Gasteiger partial charge is 0.0667 e. The van der Waals surface area contributed by atoms with E-state index in [4.69, 9.17) is 0 Å². The molecule has 2 N–H and O–H groups in total. The lowest BCUT2D eigenvalue weighted by molar-refractivity contribution is 0.0738. The minimum Gasteiger partial charge on any atom is -0.392 e. The van der Waals surface area contributed by atoms with E-state index in [0.29, 0.717) is 13.1 Å². The van der Waals surface area contributed by atoms with Crippen LogP contribution in [0.4, 0.5) is 0 Å². The van der Waals surface area contributed by atoms with Gasteiger partial charge in [0, 0.05) is 13.1 Å². The van der Waals surface area contributed by atoms with Crippen LogP contribution < -0.4 is 0 Å². The molecule has 0 aromatic rings. The number of allylic oxidation sites excluding steroid dienone is 4. The van der Waals surface area contributed by atoms with Crippen LogP contribution in [0.15, 0.2) is 24.3 Å². The molecule has 238 valence electrons. The van der Waals surface area contributed by atoms with E-state index in [1.807, 2.05) is 7.05 Å². The topological polar surface area (TPSA) is 43.7 Å². The van der Waals surface area contributed by atoms with E-state index in [1.165, 1.54) is 141 Å². The Morgan fingerprint density at radius 3 is 1.02 bits per heavy atom. The fraction of sp³-hybridized carbons (Fsp3) is 0.892. The predicted octanol–water partition coefficient (Wildman–Crippen LogP) is 10.9. The zero-order valence-corrected chi connectivity index (χ0v) is 27.6. The Kier molecular flexibility index (Phi) is 32.3. The quantitative estimate of drug-likeness (QED) is 0.0632. The third-order valence-corrected chi connectivity index (χ3v) is 8.14. The molecule has 0 aromatic carbocycles. The molecule has 0 bridgehead atoms. The fourth-order valence-electron chi connectivity index (χ4n) is 5.52. The van der Waals surface area contributed by atoms with Crippen LogP contribution in [0.1, 0.15) is 181 Å². The van der Waals surface area contributed by atoms with Crippen LogP contribution in [0.2, 0.25) is 0 Å². The number of rotatable bonds is 32. The molecule has 40 heavy (non-hydrogen) atoms. The van der Waals surface area contributed by atoms with Gasteiger partial charge in [0.25, 0.3) is 0 Å². The van der Waals surface area contributed by atoms with Crippen LogP contribution in [0.3, 0.4) is 0 Å². The lowest BCUT2D eigenvalue weighted by Crippen LogP contribution is -2.35. The number of unbranched alkanes of at least 4 members (excludes halogenated alkanes) is 20. The Morgan fingerprint density at radius 1 is 0.425 bits per heavy atom. The Labute approximate surface area is 252 Å². The van der Waals surface area contributed by atoms with E-state index in [0.717, 1.165) is 25.7 Å². The van der Waals surface area contributed by atoms with E-state index < -0.39 is 0 Å². The summed E-state index contributed by atoms with van der Waals surface area (Å²) in [4.78, 5) is 2.11. The molecule has 0 rings (SSSR count). The van der Waals surface area contributed by atoms with Crippen molar-refractivity contribution in [3.63, 3.8) is 0 Å². The van der Waals surface area contributed by atoms with Gasteiger partial charge in [0.05, 0.1) is 12.2 Å². The Bertz CT molecular complexity index is 486. The zero-order chi connectivity index (χ0) is 29.4. The van der Waals surface area contributed by atoms with E-state index in [9.17, 15) is 10.2 Å². The van der Waals surface area contributed by atoms with Crippen LogP contribution in [0, 0.1) is 0 Å². The van der Waals surface area contributed by atoms with Crippen LogP contribution >= 0.6 is 0 Å². The molecule has 0 aromatic heterocycles. The van der Waals surface area contributed by atoms with Crippen molar-refractivity contribution in [2.24, 2.45) is 0 Å². The van der Waals surface area contributed by atoms with Crippen molar-refractivity contribution in [3.8, 4) is 0 Å². The number of hydrogen-bond donors (Lipinski definition) is 2. The first-order valence-corrected chi connectivity index (χ1v) is 17.9. The van der Waals surface area contributed by atoms with Gasteiger partial charge >= 0.3 is 0 Å². The summed E-state index contributed by atoms with van der Waals surface area (Å²) in [5.74, 6) is 0. The SMILES string of the molecule is CCCCCCCCC=CCCCCCCC(O)CN(C)CC(O)CCCCCCC=CCCCCCCCC. The number of aliphatic hydroxyl groups excluding tert-OH is 2. The molecule has 3 nitrogen and oxygen atoms in total. The average Bonchev–Trinajstić information content (AvgIpc) is 2.93. The van der Waals surface area contributed by atoms with Crippen LogP contribution in [-0.2, 0) is 0 Å². The lowest BCUT2D eigenvalue weighted by atomic mass is 10.1. The number of nitrogens with zero attached hydrogens (tertiary/aromatic N) is 1. The summed E-state index contributed by atoms with van der Waals surface area (Å²) in [6, 6.07) is 0. The zero-order valence-electron chi connectivity index (χ0n) is 27.6. The van der Waals surface area contributed by atoms with E-state index in [-0.39, 0.29) is 12.2 Å². The van der Waals surface area contributed by atoms with Gasteiger partial charge < -0.3 is 15.1 Å². The van der Waals surface area contributed by atoms with Crippen molar-refractivity contribution in [2.75, 3.05) is 20.1 Å². The van der Waals surface area contributed by atoms with Crippen LogP contribution in [0.5, 0.6) is 0 Å². The normalized spacial score (nSPS) is 13.8. The molecular weight excluding hydrogens is 490 g/mol. The highest BCUT2D eigenvalue weighted by Crippen LogP contribution is 2.13. The van der Waals surface area contributed by atoms with Gasteiger partial charge in [-0.3, -0.25) is 0 Å². The molecule has 0 aliphatic heterocycles. The minimum absolute atomic E-state index is 0.275. The first-order chi connectivity index (χ1) is 19.6. The first-order valence-electron chi connectivity index (χ1n) is 17.9. The third kappa shape index (κ3) is 31.9. The number of likely N-dealkylation sites (N-methyl/N-ethyl adjacent to an activating group) is 1. The number of aliphatic hydroxyl groups is 2. The first kappa shape index (κ1) is 39.4. The summed E-state index contributed by atoms with van der Waals surface area (Å²) in [6.45, 7) is 5.89. The van der Waals surface area contributed by atoms with Crippen molar-refractivity contribution in [3.05, 3.63) is 24.3 Å². The van der Waals surface area contributed by atoms with Gasteiger partial charge in [0.15, 0.2) is 0 Å². The highest BCUT2D eigenvalue weighted by molar-refractivity contribution is 4.82. The summed E-state index contributed by atoms with van der Waals surface area (Å²) in [7, 11) is 2.03. The average molecular weight is 564 g/mol. The van der Waals surface area contributed by atoms with Crippen molar-refractivity contribution < 1.29 is 10.2 Å². The van der Waals surface area contributed by atoms with E-state index in [2.05, 4.69) is 43.1 Å². The van der Waals surface area contributed by atoms with Crippen LogP contribution in [0.25, 0.3) is 0 Å². The molecule has 0 spiro atoms. The number of hydrogen-bond acceptors (Lipinski definition) is 3. The van der Waals surface area contributed by atoms with Crippen molar-refractivity contribution in [1.29, 1.82) is 0 Å². The lowest BCUT2D eigenvalue weighted by Gasteiger charge is -2.23. The highest BCUT2D eigenvalue weighted by Gasteiger charge is 2.12. The maximum atomic E-state index is 10.4. The summed E-state index contributed by atoms with van der Waals surface area (Å²) in [6.07, 6.45) is 41.9. The molecule has 2 unspecified atom stereocenters. The summed E-state index contributed by atoms with van der Waals surface area (Å²) in [5, 5.41) is 20.8. The molecule has 0 radical (unpaired) electrons. The molecule has 0 amide bonds. The third-order valence-electron chi connectivity index (χ3n) is 8.14. The molecule has 0 aliphatic carbocycles. The maximum Gasteiger partial charge on any atom is 0.0667 e. The van der Waals surface area contributed by atoms with Gasteiger partial charge in [0.2, 0.25) is 0 Å². The Balaban J connectivity index is 3.49. The molecular formula is C37H73NO2. The second kappa shape index (κ2) is 32.9. The minimum atomic E-state index is -0.275. The monoisotopic (exact) mass is 564 g/mol. The molecule has 0 heterocycles. The van der Waals surface area contributed by atoms with Crippen LogP contribution in [-0.4, -0.2) is 47.5 Å². The second-order valence-electron chi connectivity index (χ2n) is 12.6. The van der Waals surface area contributed by atoms with E-state index in [1.54, 1.807) is 0 Å². The Hall–Kier alpha value is -0.640. The molecule has 0 fully saturated rings. The Morgan fingerprint density at radius 2 is 0.700 bits per heavy atom. The van der Waals surface area contributed by atoms with Crippen molar-refractivity contribution in [1.82, 2.24) is 4.90 Å². The standard InChI is InChI=1S/C37H73NO2/c1-4-6-8-10-12-14-16-18-20-22-24-26-28-30-32-36(39)34-38(3)35-37(40)33-31-29-27-25-23-21-19-17-15-13-11-9-7-5-2/h18-21,36-37,39-40H,4-17,22-35H2,1-3H3. The van der Waals surface area contributed by atoms with Crippen molar-refractivity contribution >= 4 is 0 Å². The van der Waals surface area contributed by atoms with Gasteiger partial charge in [0.1, 0.15) is 0 Å². The molecule has 0 saturated heterocycles. The molecule has 0 saturated carbocycles. The van der Waals surface area contributed by atoms with Gasteiger partial charge in [-0.2, -0.15) is 0 Å². The maximum absolute atomic E-state index is 10.4. The second-order valence-corrected chi connectivity index (χ2v) is 12.6. The summed E-state index contributed by atoms with van der Waals surface area (Å²) >= 11 is 0. The van der Waals surface area contributed by atoms with Gasteiger partial charge in [-0.25, -0.2) is 0 Å². The van der Waals surface area contributed by atoms with Gasteiger partial charge in [-0.05, 0) is 71.3 Å². The predicted molar refractivity (Wildman–Crippen MR) is 179 cm³/mol. The highest BCUT2D eigenvalue weighted by atomic mass is 16.3. The molecule has 3 heteroatoms.